The first-order chi connectivity index (χ1) is 8.90. The number of nitrogens with two attached hydrogens (primary N) is 1. The number of hydrogen-bond donors (Lipinski definition) is 2. The second-order valence-electron chi connectivity index (χ2n) is 6.35. The van der Waals surface area contributed by atoms with Gasteiger partial charge in [-0.1, -0.05) is 24.3 Å². The van der Waals surface area contributed by atoms with E-state index in [1.165, 1.54) is 11.1 Å². The molecule has 0 spiro atoms. The smallest absolute Gasteiger partial charge is 0.224 e. The maximum atomic E-state index is 11.3. The van der Waals surface area contributed by atoms with Crippen molar-refractivity contribution in [2.45, 2.75) is 45.6 Å². The van der Waals surface area contributed by atoms with Crippen LogP contribution < -0.4 is 11.1 Å². The summed E-state index contributed by atoms with van der Waals surface area (Å²) < 4.78 is 0. The largest absolute Gasteiger partial charge is 0.369 e. The van der Waals surface area contributed by atoms with Crippen molar-refractivity contribution in [3.8, 4) is 0 Å². The van der Waals surface area contributed by atoms with Crippen LogP contribution in [0.5, 0.6) is 0 Å². The molecule has 0 atom stereocenters. The third-order valence-electron chi connectivity index (χ3n) is 4.27. The van der Waals surface area contributed by atoms with Gasteiger partial charge in [0.15, 0.2) is 0 Å². The standard InChI is InChI=1S/C16H24N2O/c1-11-6-4-5-7-14(11)12-8-13(9-12)18-10-16(2,3)15(17)19/h4-7,12-13,18H,8-10H2,1-3H3,(H2,17,19). The topological polar surface area (TPSA) is 55.1 Å². The fourth-order valence-corrected chi connectivity index (χ4v) is 2.57. The van der Waals surface area contributed by atoms with E-state index in [4.69, 9.17) is 5.73 Å². The van der Waals surface area contributed by atoms with Crippen molar-refractivity contribution in [3.63, 3.8) is 0 Å². The van der Waals surface area contributed by atoms with Gasteiger partial charge in [0.05, 0.1) is 5.41 Å². The molecule has 1 aliphatic rings. The molecule has 0 radical (unpaired) electrons. The summed E-state index contributed by atoms with van der Waals surface area (Å²) in [7, 11) is 0. The lowest BCUT2D eigenvalue weighted by atomic mass is 9.74. The lowest BCUT2D eigenvalue weighted by molar-refractivity contribution is -0.125. The number of hydrogen-bond acceptors (Lipinski definition) is 2. The van der Waals surface area contributed by atoms with Gasteiger partial charge in [0.1, 0.15) is 0 Å². The van der Waals surface area contributed by atoms with Gasteiger partial charge in [0.25, 0.3) is 0 Å². The maximum Gasteiger partial charge on any atom is 0.224 e. The van der Waals surface area contributed by atoms with E-state index in [2.05, 4.69) is 36.5 Å². The van der Waals surface area contributed by atoms with Crippen LogP contribution in [0.4, 0.5) is 0 Å². The summed E-state index contributed by atoms with van der Waals surface area (Å²) in [6.07, 6.45) is 2.30. The fourth-order valence-electron chi connectivity index (χ4n) is 2.57. The normalized spacial score (nSPS) is 22.9. The lowest BCUT2D eigenvalue weighted by Gasteiger charge is -2.38. The second-order valence-corrected chi connectivity index (χ2v) is 6.35. The molecule has 0 heterocycles. The summed E-state index contributed by atoms with van der Waals surface area (Å²) in [5.41, 5.74) is 7.76. The minimum atomic E-state index is -0.465. The molecule has 0 unspecified atom stereocenters. The van der Waals surface area contributed by atoms with E-state index in [0.717, 1.165) is 12.8 Å². The molecule has 0 bridgehead atoms. The zero-order valence-electron chi connectivity index (χ0n) is 12.1. The molecule has 1 aliphatic carbocycles. The monoisotopic (exact) mass is 260 g/mol. The van der Waals surface area contributed by atoms with Gasteiger partial charge in [-0.2, -0.15) is 0 Å². The zero-order valence-corrected chi connectivity index (χ0v) is 12.1. The first-order valence-electron chi connectivity index (χ1n) is 6.99. The maximum absolute atomic E-state index is 11.3. The highest BCUT2D eigenvalue weighted by atomic mass is 16.1. The van der Waals surface area contributed by atoms with Crippen molar-refractivity contribution in [2.75, 3.05) is 6.54 Å². The molecule has 0 aliphatic heterocycles. The third kappa shape index (κ3) is 3.16. The van der Waals surface area contributed by atoms with Crippen LogP contribution in [-0.2, 0) is 4.79 Å². The van der Waals surface area contributed by atoms with Gasteiger partial charge in [0.2, 0.25) is 5.91 Å². The van der Waals surface area contributed by atoms with E-state index in [0.29, 0.717) is 18.5 Å². The Hall–Kier alpha value is -1.35. The number of nitrogens with one attached hydrogen (secondary N) is 1. The van der Waals surface area contributed by atoms with Crippen LogP contribution in [0, 0.1) is 12.3 Å². The highest BCUT2D eigenvalue weighted by Crippen LogP contribution is 2.38. The average Bonchev–Trinajstić information content (AvgIpc) is 2.29. The highest BCUT2D eigenvalue weighted by molar-refractivity contribution is 5.80. The molecule has 1 aromatic rings. The molecule has 19 heavy (non-hydrogen) atoms. The molecule has 1 saturated carbocycles. The number of aryl methyl sites for hydroxylation is 1. The molecule has 3 heteroatoms. The quantitative estimate of drug-likeness (QED) is 0.854. The Kier molecular flexibility index (Phi) is 3.95. The summed E-state index contributed by atoms with van der Waals surface area (Å²) in [5, 5.41) is 3.46. The fraction of sp³-hybridized carbons (Fsp3) is 0.562. The predicted molar refractivity (Wildman–Crippen MR) is 77.9 cm³/mol. The number of amides is 1. The van der Waals surface area contributed by atoms with E-state index in [-0.39, 0.29) is 5.91 Å². The minimum Gasteiger partial charge on any atom is -0.369 e. The molecule has 1 aromatic carbocycles. The molecular formula is C16H24N2O. The van der Waals surface area contributed by atoms with E-state index in [1.807, 2.05) is 13.8 Å². The van der Waals surface area contributed by atoms with Crippen molar-refractivity contribution in [3.05, 3.63) is 35.4 Å². The van der Waals surface area contributed by atoms with Crippen LogP contribution in [0.15, 0.2) is 24.3 Å². The van der Waals surface area contributed by atoms with Crippen molar-refractivity contribution in [1.29, 1.82) is 0 Å². The zero-order chi connectivity index (χ0) is 14.0. The highest BCUT2D eigenvalue weighted by Gasteiger charge is 2.33. The van der Waals surface area contributed by atoms with E-state index >= 15 is 0 Å². The van der Waals surface area contributed by atoms with Gasteiger partial charge in [-0.05, 0) is 50.7 Å². The Labute approximate surface area is 115 Å². The second kappa shape index (κ2) is 5.33. The molecule has 0 saturated heterocycles. The Morgan fingerprint density at radius 1 is 1.37 bits per heavy atom. The Bertz CT molecular complexity index is 462. The predicted octanol–water partition coefficient (Wildman–Crippen LogP) is 2.34. The van der Waals surface area contributed by atoms with Crippen molar-refractivity contribution < 1.29 is 4.79 Å². The van der Waals surface area contributed by atoms with Crippen LogP contribution >= 0.6 is 0 Å². The van der Waals surface area contributed by atoms with E-state index in [9.17, 15) is 4.79 Å². The van der Waals surface area contributed by atoms with Crippen molar-refractivity contribution in [1.82, 2.24) is 5.32 Å². The lowest BCUT2D eigenvalue weighted by Crippen LogP contribution is -2.47. The summed E-state index contributed by atoms with van der Waals surface area (Å²) in [6, 6.07) is 9.11. The van der Waals surface area contributed by atoms with E-state index < -0.39 is 5.41 Å². The van der Waals surface area contributed by atoms with Crippen LogP contribution in [-0.4, -0.2) is 18.5 Å². The number of carbonyl (C=O) groups excluding carboxylic acids is 1. The Morgan fingerprint density at radius 3 is 2.58 bits per heavy atom. The number of rotatable bonds is 5. The summed E-state index contributed by atoms with van der Waals surface area (Å²) >= 11 is 0. The molecule has 104 valence electrons. The van der Waals surface area contributed by atoms with Gasteiger partial charge < -0.3 is 11.1 Å². The molecule has 0 aromatic heterocycles. The summed E-state index contributed by atoms with van der Waals surface area (Å²) in [4.78, 5) is 11.3. The Morgan fingerprint density at radius 2 is 2.00 bits per heavy atom. The molecule has 3 N–H and O–H groups in total. The van der Waals surface area contributed by atoms with Crippen molar-refractivity contribution >= 4 is 5.91 Å². The molecule has 3 nitrogen and oxygen atoms in total. The van der Waals surface area contributed by atoms with E-state index in [1.54, 1.807) is 0 Å². The van der Waals surface area contributed by atoms with Crippen LogP contribution in [0.1, 0.15) is 43.7 Å². The van der Waals surface area contributed by atoms with Crippen LogP contribution in [0.2, 0.25) is 0 Å². The van der Waals surface area contributed by atoms with Gasteiger partial charge >= 0.3 is 0 Å². The van der Waals surface area contributed by atoms with Gasteiger partial charge in [0, 0.05) is 12.6 Å². The first kappa shape index (κ1) is 14.1. The number of benzene rings is 1. The average molecular weight is 260 g/mol. The summed E-state index contributed by atoms with van der Waals surface area (Å²) in [6.45, 7) is 6.61. The summed E-state index contributed by atoms with van der Waals surface area (Å²) in [5.74, 6) is 0.421. The number of carbonyl (C=O) groups is 1. The minimum absolute atomic E-state index is 0.241. The van der Waals surface area contributed by atoms with Gasteiger partial charge in [-0.3, -0.25) is 4.79 Å². The van der Waals surface area contributed by atoms with Crippen molar-refractivity contribution in [2.24, 2.45) is 11.1 Å². The molecule has 1 fully saturated rings. The van der Waals surface area contributed by atoms with Crippen LogP contribution in [0.3, 0.4) is 0 Å². The first-order valence-corrected chi connectivity index (χ1v) is 6.99. The molecular weight excluding hydrogens is 236 g/mol. The van der Waals surface area contributed by atoms with Crippen LogP contribution in [0.25, 0.3) is 0 Å². The SMILES string of the molecule is Cc1ccccc1C1CC(NCC(C)(C)C(N)=O)C1. The Balaban J connectivity index is 1.81. The van der Waals surface area contributed by atoms with Gasteiger partial charge in [-0.15, -0.1) is 0 Å². The number of primary amides is 1. The molecule has 1 amide bonds. The van der Waals surface area contributed by atoms with Gasteiger partial charge in [-0.25, -0.2) is 0 Å². The third-order valence-corrected chi connectivity index (χ3v) is 4.27. The molecule has 2 rings (SSSR count).